The molecule has 3 heterocycles. The van der Waals surface area contributed by atoms with Gasteiger partial charge in [-0.1, -0.05) is 37.8 Å². The Kier molecular flexibility index (Phi) is 7.93. The zero-order valence-electron chi connectivity index (χ0n) is 25.5. The molecule has 0 bridgehead atoms. The van der Waals surface area contributed by atoms with Crippen LogP contribution in [0.2, 0.25) is 25.2 Å². The van der Waals surface area contributed by atoms with E-state index in [0.717, 1.165) is 6.42 Å². The minimum atomic E-state index is -4.28. The van der Waals surface area contributed by atoms with Crippen LogP contribution in [0.1, 0.15) is 49.9 Å². The number of anilines is 1. The van der Waals surface area contributed by atoms with Crippen molar-refractivity contribution in [1.82, 2.24) is 14.8 Å². The molecule has 1 saturated carbocycles. The summed E-state index contributed by atoms with van der Waals surface area (Å²) in [6, 6.07) is 10.5. The zero-order valence-corrected chi connectivity index (χ0v) is 27.3. The van der Waals surface area contributed by atoms with Crippen LogP contribution in [-0.2, 0) is 9.84 Å². The number of amides is 1. The molecule has 5 rings (SSSR count). The number of hydrogen-bond donors (Lipinski definition) is 1. The van der Waals surface area contributed by atoms with E-state index in [2.05, 4.69) is 24.7 Å². The van der Waals surface area contributed by atoms with E-state index < -0.39 is 40.9 Å². The lowest BCUT2D eigenvalue weighted by Gasteiger charge is -2.34. The molecular formula is C30H38F3N5O4SSi. The monoisotopic (exact) mass is 649 g/mol. The Balaban J connectivity index is 1.59. The number of nitrogens with two attached hydrogens (primary N) is 1. The molecule has 1 aliphatic carbocycles. The van der Waals surface area contributed by atoms with Gasteiger partial charge in [-0.15, -0.1) is 5.10 Å². The summed E-state index contributed by atoms with van der Waals surface area (Å²) in [6.45, 7) is 11.3. The van der Waals surface area contributed by atoms with E-state index in [1.54, 1.807) is 18.2 Å². The standard InChI is InChI=1S/C30H38F3N5O4SSi/c1-28(2)18-21(44(3,4)5)19-37(28)27-25(26(34)39)22(43(40,41)20-9-7-6-8-10-20)17-23(35-27)38-15-11-24(36-38)42-16-14-29(12-13-29)30(31,32)33/h6-11,15,17,21H,12-14,16,18-19H2,1-5H3,(H2,34,39). The molecular weight excluding hydrogens is 612 g/mol. The molecule has 2 aromatic heterocycles. The predicted molar refractivity (Wildman–Crippen MR) is 163 cm³/mol. The van der Waals surface area contributed by atoms with Gasteiger partial charge < -0.3 is 15.4 Å². The fraction of sp³-hybridized carbons (Fsp3) is 0.500. The Morgan fingerprint density at radius 1 is 1.14 bits per heavy atom. The van der Waals surface area contributed by atoms with Gasteiger partial charge in [-0.2, -0.15) is 13.2 Å². The summed E-state index contributed by atoms with van der Waals surface area (Å²) < 4.78 is 74.9. The first-order valence-corrected chi connectivity index (χ1v) is 19.6. The summed E-state index contributed by atoms with van der Waals surface area (Å²) in [5.41, 5.74) is 3.87. The summed E-state index contributed by atoms with van der Waals surface area (Å²) in [4.78, 5) is 19.5. The number of halogens is 3. The highest BCUT2D eigenvalue weighted by atomic mass is 32.2. The third-order valence-electron chi connectivity index (χ3n) is 8.98. The summed E-state index contributed by atoms with van der Waals surface area (Å²) in [5.74, 6) is -0.619. The number of nitrogens with zero attached hydrogens (tertiary/aromatic N) is 4. The molecule has 1 unspecified atom stereocenters. The number of carbonyl (C=O) groups is 1. The second-order valence-corrected chi connectivity index (χ2v) is 21.0. The van der Waals surface area contributed by atoms with Crippen molar-refractivity contribution in [2.75, 3.05) is 18.1 Å². The van der Waals surface area contributed by atoms with Gasteiger partial charge in [-0.25, -0.2) is 18.1 Å². The SMILES string of the molecule is CC1(C)CC([Si](C)(C)C)CN1c1nc(-n2ccc(OCCC3(C(F)(F)F)CC3)n2)cc(S(=O)(=O)c2ccccc2)c1C(N)=O. The Labute approximate surface area is 256 Å². The molecule has 1 saturated heterocycles. The minimum Gasteiger partial charge on any atom is -0.477 e. The fourth-order valence-corrected chi connectivity index (χ4v) is 9.20. The maximum atomic E-state index is 14.0. The van der Waals surface area contributed by atoms with Crippen LogP contribution in [0.25, 0.3) is 5.82 Å². The number of rotatable bonds is 10. The first-order chi connectivity index (χ1) is 20.4. The van der Waals surface area contributed by atoms with E-state index >= 15 is 0 Å². The van der Waals surface area contributed by atoms with Crippen LogP contribution in [-0.4, -0.2) is 62.0 Å². The Bertz CT molecular complexity index is 1670. The predicted octanol–water partition coefficient (Wildman–Crippen LogP) is 6.01. The van der Waals surface area contributed by atoms with Gasteiger partial charge in [0.25, 0.3) is 5.91 Å². The molecule has 44 heavy (non-hydrogen) atoms. The van der Waals surface area contributed by atoms with Gasteiger partial charge in [-0.05, 0) is 57.2 Å². The van der Waals surface area contributed by atoms with E-state index in [0.29, 0.717) is 12.1 Å². The van der Waals surface area contributed by atoms with Crippen LogP contribution < -0.4 is 15.4 Å². The third kappa shape index (κ3) is 5.97. The lowest BCUT2D eigenvalue weighted by molar-refractivity contribution is -0.190. The molecule has 9 nitrogen and oxygen atoms in total. The fourth-order valence-electron chi connectivity index (χ4n) is 5.87. The van der Waals surface area contributed by atoms with Gasteiger partial charge in [0, 0.05) is 38.5 Å². The van der Waals surface area contributed by atoms with Crippen molar-refractivity contribution in [1.29, 1.82) is 0 Å². The van der Waals surface area contributed by atoms with Gasteiger partial charge in [0.15, 0.2) is 5.82 Å². The van der Waals surface area contributed by atoms with Crippen LogP contribution in [0.4, 0.5) is 19.0 Å². The topological polar surface area (TPSA) is 120 Å². The summed E-state index contributed by atoms with van der Waals surface area (Å²) in [7, 11) is -5.90. The van der Waals surface area contributed by atoms with E-state index in [1.165, 1.54) is 35.1 Å². The van der Waals surface area contributed by atoms with Gasteiger partial charge in [-0.3, -0.25) is 4.79 Å². The molecule has 0 spiro atoms. The number of ether oxygens (including phenoxy) is 1. The van der Waals surface area contributed by atoms with Gasteiger partial charge >= 0.3 is 6.18 Å². The van der Waals surface area contributed by atoms with Crippen molar-refractivity contribution < 1.29 is 31.1 Å². The highest BCUT2D eigenvalue weighted by Crippen LogP contribution is 2.59. The van der Waals surface area contributed by atoms with Crippen molar-refractivity contribution in [2.24, 2.45) is 11.1 Å². The van der Waals surface area contributed by atoms with E-state index in [9.17, 15) is 26.4 Å². The quantitative estimate of drug-likeness (QED) is 0.267. The molecule has 2 N–H and O–H groups in total. The van der Waals surface area contributed by atoms with Crippen molar-refractivity contribution in [3.63, 3.8) is 0 Å². The molecule has 14 heteroatoms. The molecule has 3 aromatic rings. The Hall–Kier alpha value is -3.39. The highest BCUT2D eigenvalue weighted by Gasteiger charge is 2.62. The second-order valence-electron chi connectivity index (χ2n) is 13.5. The molecule has 238 valence electrons. The van der Waals surface area contributed by atoms with Gasteiger partial charge in [0.05, 0.1) is 21.8 Å². The molecule has 1 atom stereocenters. The lowest BCUT2D eigenvalue weighted by atomic mass is 10.0. The molecule has 2 aliphatic rings. The molecule has 1 amide bonds. The second kappa shape index (κ2) is 10.9. The highest BCUT2D eigenvalue weighted by molar-refractivity contribution is 7.91. The number of aromatic nitrogens is 3. The first-order valence-electron chi connectivity index (χ1n) is 14.5. The van der Waals surface area contributed by atoms with Crippen molar-refractivity contribution >= 4 is 29.6 Å². The maximum absolute atomic E-state index is 14.0. The lowest BCUT2D eigenvalue weighted by Crippen LogP contribution is -2.41. The average molecular weight is 650 g/mol. The number of pyridine rings is 1. The van der Waals surface area contributed by atoms with Crippen LogP contribution in [0.3, 0.4) is 0 Å². The number of sulfone groups is 1. The number of hydrogen-bond acceptors (Lipinski definition) is 7. The summed E-state index contributed by atoms with van der Waals surface area (Å²) in [6.07, 6.45) is -1.99. The maximum Gasteiger partial charge on any atom is 0.394 e. The summed E-state index contributed by atoms with van der Waals surface area (Å²) >= 11 is 0. The largest absolute Gasteiger partial charge is 0.477 e. The van der Waals surface area contributed by atoms with Crippen molar-refractivity contribution in [3.8, 4) is 11.7 Å². The van der Waals surface area contributed by atoms with Gasteiger partial charge in [0.2, 0.25) is 15.7 Å². The normalized spacial score (nSPS) is 19.6. The number of benzene rings is 1. The zero-order chi connectivity index (χ0) is 32.3. The van der Waals surface area contributed by atoms with Crippen LogP contribution in [0.5, 0.6) is 5.88 Å². The van der Waals surface area contributed by atoms with E-state index in [1.807, 2.05) is 18.7 Å². The van der Waals surface area contributed by atoms with Crippen LogP contribution in [0, 0.1) is 5.41 Å². The Morgan fingerprint density at radius 3 is 2.34 bits per heavy atom. The van der Waals surface area contributed by atoms with E-state index in [4.69, 9.17) is 15.5 Å². The molecule has 1 aromatic carbocycles. The Morgan fingerprint density at radius 2 is 1.80 bits per heavy atom. The van der Waals surface area contributed by atoms with Crippen LogP contribution in [0.15, 0.2) is 58.5 Å². The number of primary amides is 1. The molecule has 0 radical (unpaired) electrons. The van der Waals surface area contributed by atoms with Crippen molar-refractivity contribution in [2.45, 2.75) is 86.2 Å². The van der Waals surface area contributed by atoms with Crippen LogP contribution >= 0.6 is 0 Å². The molecule has 2 fully saturated rings. The van der Waals surface area contributed by atoms with E-state index in [-0.39, 0.29) is 58.7 Å². The summed E-state index contributed by atoms with van der Waals surface area (Å²) in [5, 5.41) is 4.34. The first kappa shape index (κ1) is 32.0. The minimum absolute atomic E-state index is 0.0191. The smallest absolute Gasteiger partial charge is 0.394 e. The number of carbonyl (C=O) groups excluding carboxylic acids is 1. The number of alkyl halides is 3. The average Bonchev–Trinajstić information content (AvgIpc) is 3.46. The van der Waals surface area contributed by atoms with Gasteiger partial charge in [0.1, 0.15) is 11.4 Å². The van der Waals surface area contributed by atoms with Crippen molar-refractivity contribution in [3.05, 3.63) is 54.2 Å². The molecule has 1 aliphatic heterocycles. The third-order valence-corrected chi connectivity index (χ3v) is 13.6.